The number of carboxylic acids is 1. The first-order chi connectivity index (χ1) is 12.1. The fourth-order valence-electron chi connectivity index (χ4n) is 3.45. The lowest BCUT2D eigenvalue weighted by Gasteiger charge is -2.20. The number of aliphatic carboxylic acids is 1. The van der Waals surface area contributed by atoms with Crippen molar-refractivity contribution < 1.29 is 27.8 Å². The Morgan fingerprint density at radius 2 is 1.81 bits per heavy atom. The number of carboxylic acid groups (broad SMARTS) is 1. The van der Waals surface area contributed by atoms with Gasteiger partial charge < -0.3 is 9.84 Å². The molecule has 1 aliphatic rings. The van der Waals surface area contributed by atoms with Crippen LogP contribution in [0, 0.1) is 16.7 Å². The van der Waals surface area contributed by atoms with E-state index in [1.54, 1.807) is 13.8 Å². The van der Waals surface area contributed by atoms with Crippen LogP contribution in [-0.4, -0.2) is 17.4 Å². The molecule has 0 radical (unpaired) electrons. The summed E-state index contributed by atoms with van der Waals surface area (Å²) in [6.07, 6.45) is -3.94. The number of hydrogen-bond donors (Lipinski definition) is 1. The summed E-state index contributed by atoms with van der Waals surface area (Å²) >= 11 is 29.3. The van der Waals surface area contributed by atoms with Crippen molar-refractivity contribution in [3.63, 3.8) is 0 Å². The van der Waals surface area contributed by atoms with Gasteiger partial charge in [-0.3, -0.25) is 4.79 Å². The monoisotopic (exact) mass is 484 g/mol. The summed E-state index contributed by atoms with van der Waals surface area (Å²) in [4.78, 5) is 12.1. The third-order valence-corrected chi connectivity index (χ3v) is 6.22. The van der Waals surface area contributed by atoms with Crippen LogP contribution in [0.25, 0.3) is 0 Å². The van der Waals surface area contributed by atoms with Crippen molar-refractivity contribution in [2.24, 2.45) is 16.7 Å². The number of hydrogen-bond acceptors (Lipinski definition) is 2. The van der Waals surface area contributed by atoms with E-state index in [-0.39, 0.29) is 21.5 Å². The molecule has 1 fully saturated rings. The second-order valence-electron chi connectivity index (χ2n) is 6.62. The zero-order valence-electron chi connectivity index (χ0n) is 13.7. The summed E-state index contributed by atoms with van der Waals surface area (Å²) in [6, 6.07) is 1.02. The van der Waals surface area contributed by atoms with Crippen LogP contribution in [0.4, 0.5) is 13.2 Å². The Morgan fingerprint density at radius 3 is 2.26 bits per heavy atom. The van der Waals surface area contributed by atoms with Crippen LogP contribution in [0.2, 0.25) is 15.1 Å². The number of allylic oxidation sites excluding steroid dienone is 1. The highest BCUT2D eigenvalue weighted by Gasteiger charge is 2.74. The van der Waals surface area contributed by atoms with Gasteiger partial charge in [-0.15, -0.1) is 13.2 Å². The number of carbonyl (C=O) groups is 1. The summed E-state index contributed by atoms with van der Waals surface area (Å²) < 4.78 is 41.7. The average molecular weight is 487 g/mol. The molecule has 150 valence electrons. The molecule has 2 atom stereocenters. The highest BCUT2D eigenvalue weighted by molar-refractivity contribution is 6.55. The fourth-order valence-corrected chi connectivity index (χ4v) is 4.68. The number of ether oxygens (including phenoxy) is 1. The fraction of sp³-hybridized carbons (Fsp3) is 0.438. The number of benzene rings is 1. The van der Waals surface area contributed by atoms with Crippen molar-refractivity contribution in [3.8, 4) is 5.75 Å². The molecule has 11 heteroatoms. The van der Waals surface area contributed by atoms with Gasteiger partial charge in [-0.1, -0.05) is 71.9 Å². The normalized spacial score (nSPS) is 23.7. The Balaban J connectivity index is 2.57. The molecular weight excluding hydrogens is 474 g/mol. The summed E-state index contributed by atoms with van der Waals surface area (Å²) in [7, 11) is 0. The van der Waals surface area contributed by atoms with Gasteiger partial charge in [-0.2, -0.15) is 0 Å². The van der Waals surface area contributed by atoms with E-state index in [1.807, 2.05) is 0 Å². The quantitative estimate of drug-likeness (QED) is 0.481. The van der Waals surface area contributed by atoms with E-state index in [4.69, 9.17) is 58.0 Å². The Bertz CT molecular complexity index is 818. The molecular formula is C16H12Cl5F3O3. The first-order valence-corrected chi connectivity index (χ1v) is 9.22. The van der Waals surface area contributed by atoms with Crippen molar-refractivity contribution in [1.82, 2.24) is 0 Å². The summed E-state index contributed by atoms with van der Waals surface area (Å²) in [6.45, 7) is 3.34. The minimum atomic E-state index is -5.04. The number of alkyl halides is 3. The smallest absolute Gasteiger partial charge is 0.481 e. The number of halogens is 8. The minimum absolute atomic E-state index is 0.0287. The SMILES string of the molecule is CC1(C)C(C=C(Cl)Cl)C1(Cc1c(Cl)cc(Cl)c(OC(F)(F)F)c1Cl)C(=O)O. The lowest BCUT2D eigenvalue weighted by molar-refractivity contribution is -0.274. The van der Waals surface area contributed by atoms with Gasteiger partial charge in [0.25, 0.3) is 0 Å². The van der Waals surface area contributed by atoms with Crippen molar-refractivity contribution in [1.29, 1.82) is 0 Å². The van der Waals surface area contributed by atoms with Gasteiger partial charge in [0.15, 0.2) is 5.75 Å². The maximum absolute atomic E-state index is 12.6. The summed E-state index contributed by atoms with van der Waals surface area (Å²) in [5.74, 6) is -2.63. The van der Waals surface area contributed by atoms with Crippen molar-refractivity contribution in [3.05, 3.63) is 37.3 Å². The van der Waals surface area contributed by atoms with Gasteiger partial charge in [0.2, 0.25) is 0 Å². The van der Waals surface area contributed by atoms with E-state index in [0.717, 1.165) is 6.07 Å². The first-order valence-electron chi connectivity index (χ1n) is 7.33. The molecule has 0 aromatic heterocycles. The summed E-state index contributed by atoms with van der Waals surface area (Å²) in [5, 5.41) is 8.80. The van der Waals surface area contributed by atoms with Crippen molar-refractivity contribution in [2.45, 2.75) is 26.6 Å². The predicted octanol–water partition coefficient (Wildman–Crippen LogP) is 7.13. The second-order valence-corrected chi connectivity index (χ2v) is 8.82. The van der Waals surface area contributed by atoms with Crippen LogP contribution in [-0.2, 0) is 11.2 Å². The van der Waals surface area contributed by atoms with Crippen LogP contribution in [0.15, 0.2) is 16.6 Å². The van der Waals surface area contributed by atoms with Gasteiger partial charge in [0.1, 0.15) is 4.49 Å². The maximum Gasteiger partial charge on any atom is 0.573 e. The Morgan fingerprint density at radius 1 is 1.26 bits per heavy atom. The molecule has 3 nitrogen and oxygen atoms in total. The third kappa shape index (κ3) is 4.10. The lowest BCUT2D eigenvalue weighted by atomic mass is 9.88. The highest BCUT2D eigenvalue weighted by Crippen LogP contribution is 2.72. The van der Waals surface area contributed by atoms with Crippen LogP contribution in [0.5, 0.6) is 5.75 Å². The zero-order chi connectivity index (χ0) is 20.9. The molecule has 0 spiro atoms. The van der Waals surface area contributed by atoms with Crippen LogP contribution >= 0.6 is 58.0 Å². The van der Waals surface area contributed by atoms with E-state index in [1.165, 1.54) is 6.08 Å². The van der Waals surface area contributed by atoms with Gasteiger partial charge in [0.05, 0.1) is 15.5 Å². The highest BCUT2D eigenvalue weighted by atomic mass is 35.5. The third-order valence-electron chi connectivity index (χ3n) is 4.95. The summed E-state index contributed by atoms with van der Waals surface area (Å²) in [5.41, 5.74) is -2.27. The van der Waals surface area contributed by atoms with Gasteiger partial charge in [-0.05, 0) is 29.5 Å². The molecule has 27 heavy (non-hydrogen) atoms. The van der Waals surface area contributed by atoms with E-state index in [9.17, 15) is 23.1 Å². The van der Waals surface area contributed by atoms with E-state index in [0.29, 0.717) is 0 Å². The Kier molecular flexibility index (Phi) is 6.22. The van der Waals surface area contributed by atoms with Crippen LogP contribution in [0.1, 0.15) is 19.4 Å². The Hall–Kier alpha value is -0.530. The van der Waals surface area contributed by atoms with Gasteiger partial charge in [-0.25, -0.2) is 0 Å². The Labute approximate surface area is 177 Å². The first kappa shape index (κ1) is 22.8. The maximum atomic E-state index is 12.6. The predicted molar refractivity (Wildman–Crippen MR) is 99.0 cm³/mol. The number of rotatable bonds is 5. The van der Waals surface area contributed by atoms with Crippen molar-refractivity contribution >= 4 is 64.0 Å². The van der Waals surface area contributed by atoms with Crippen LogP contribution < -0.4 is 4.74 Å². The minimum Gasteiger partial charge on any atom is -0.481 e. The van der Waals surface area contributed by atoms with E-state index in [2.05, 4.69) is 4.74 Å². The molecule has 1 N–H and O–H groups in total. The average Bonchev–Trinajstić information content (AvgIpc) is 2.94. The lowest BCUT2D eigenvalue weighted by Crippen LogP contribution is -2.25. The zero-order valence-corrected chi connectivity index (χ0v) is 17.5. The van der Waals surface area contributed by atoms with Crippen LogP contribution in [0.3, 0.4) is 0 Å². The van der Waals surface area contributed by atoms with Crippen molar-refractivity contribution in [2.75, 3.05) is 0 Å². The molecule has 2 rings (SSSR count). The largest absolute Gasteiger partial charge is 0.573 e. The van der Waals surface area contributed by atoms with Gasteiger partial charge >= 0.3 is 12.3 Å². The molecule has 0 saturated heterocycles. The molecule has 2 unspecified atom stereocenters. The second kappa shape index (κ2) is 7.38. The van der Waals surface area contributed by atoms with E-state index < -0.39 is 44.9 Å². The molecule has 0 amide bonds. The molecule has 1 aliphatic carbocycles. The molecule has 1 saturated carbocycles. The topological polar surface area (TPSA) is 46.5 Å². The standard InChI is InChI=1S/C16H12Cl5F3O3/c1-14(2)9(4-10(19)20)15(14,13(25)26)5-6-7(17)3-8(18)12(11(6)21)27-16(22,23)24/h3-4,9H,5H2,1-2H3,(H,25,26). The van der Waals surface area contributed by atoms with Gasteiger partial charge in [0, 0.05) is 10.9 Å². The molecule has 0 bridgehead atoms. The van der Waals surface area contributed by atoms with E-state index >= 15 is 0 Å². The molecule has 0 heterocycles. The molecule has 1 aromatic carbocycles. The molecule has 1 aromatic rings. The molecule has 0 aliphatic heterocycles.